The molecule has 0 saturated heterocycles. The summed E-state index contributed by atoms with van der Waals surface area (Å²) in [6, 6.07) is 10.9. The number of azo groups is 1. The van der Waals surface area contributed by atoms with Crippen LogP contribution in [0.5, 0.6) is 0 Å². The summed E-state index contributed by atoms with van der Waals surface area (Å²) >= 11 is 0. The molecule has 2 heterocycles. The van der Waals surface area contributed by atoms with Crippen LogP contribution in [0.3, 0.4) is 0 Å². The van der Waals surface area contributed by atoms with Gasteiger partial charge in [0.1, 0.15) is 5.82 Å². The van der Waals surface area contributed by atoms with Crippen LogP contribution < -0.4 is 5.56 Å². The lowest BCUT2D eigenvalue weighted by molar-refractivity contribution is 0.628. The molecule has 0 spiro atoms. The lowest BCUT2D eigenvalue weighted by Crippen LogP contribution is -1.96. The molecule has 0 amide bonds. The van der Waals surface area contributed by atoms with Gasteiger partial charge in [-0.15, -0.1) is 10.2 Å². The summed E-state index contributed by atoms with van der Waals surface area (Å²) in [6.45, 7) is 0. The Morgan fingerprint density at radius 1 is 1.00 bits per heavy atom. The quantitative estimate of drug-likeness (QED) is 0.722. The Morgan fingerprint density at radius 3 is 2.52 bits per heavy atom. The summed E-state index contributed by atoms with van der Waals surface area (Å²) in [5.41, 5.74) is 0.783. The van der Waals surface area contributed by atoms with Crippen LogP contribution in [0.4, 0.5) is 15.9 Å². The van der Waals surface area contributed by atoms with Crippen LogP contribution in [0.2, 0.25) is 0 Å². The molecule has 6 nitrogen and oxygen atoms in total. The van der Waals surface area contributed by atoms with Crippen LogP contribution in [0, 0.1) is 5.82 Å². The summed E-state index contributed by atoms with van der Waals surface area (Å²) in [6.07, 6.45) is 1.58. The second-order valence-corrected chi connectivity index (χ2v) is 4.20. The van der Waals surface area contributed by atoms with Crippen LogP contribution in [0.15, 0.2) is 63.7 Å². The number of halogens is 1. The van der Waals surface area contributed by atoms with Crippen LogP contribution in [-0.2, 0) is 0 Å². The van der Waals surface area contributed by atoms with E-state index >= 15 is 0 Å². The second kappa shape index (κ2) is 5.49. The van der Waals surface area contributed by atoms with Crippen molar-refractivity contribution < 1.29 is 4.39 Å². The number of nitrogens with one attached hydrogen (secondary N) is 2. The fraction of sp³-hybridized carbons (Fsp3) is 0. The first-order chi connectivity index (χ1) is 10.2. The van der Waals surface area contributed by atoms with E-state index in [0.717, 1.165) is 0 Å². The van der Waals surface area contributed by atoms with Crippen molar-refractivity contribution in [1.29, 1.82) is 0 Å². The van der Waals surface area contributed by atoms with Gasteiger partial charge in [0.15, 0.2) is 11.5 Å². The molecule has 2 N–H and O–H groups in total. The summed E-state index contributed by atoms with van der Waals surface area (Å²) in [4.78, 5) is 15.8. The van der Waals surface area contributed by atoms with E-state index < -0.39 is 5.56 Å². The standard InChI is InChI=1S/C14H10FN5O/c15-10-6-4-9(5-7-10)12-13(14(21)20-18-12)19-17-11-3-1-2-8-16-11/h1-8H,(H2,18,20,21). The van der Waals surface area contributed by atoms with Gasteiger partial charge in [-0.3, -0.25) is 15.0 Å². The minimum atomic E-state index is -0.408. The smallest absolute Gasteiger partial charge is 0.292 e. The lowest BCUT2D eigenvalue weighted by Gasteiger charge is -1.98. The van der Waals surface area contributed by atoms with Gasteiger partial charge in [0.05, 0.1) is 5.69 Å². The summed E-state index contributed by atoms with van der Waals surface area (Å²) < 4.78 is 12.9. The van der Waals surface area contributed by atoms with Crippen molar-refractivity contribution in [3.05, 3.63) is 64.8 Å². The molecule has 21 heavy (non-hydrogen) atoms. The predicted octanol–water partition coefficient (Wildman–Crippen LogP) is 3.32. The first kappa shape index (κ1) is 12.9. The van der Waals surface area contributed by atoms with Crippen molar-refractivity contribution in [3.8, 4) is 11.3 Å². The molecule has 7 heteroatoms. The molecule has 104 valence electrons. The fourth-order valence-corrected chi connectivity index (χ4v) is 1.79. The van der Waals surface area contributed by atoms with E-state index in [1.165, 1.54) is 12.1 Å². The zero-order chi connectivity index (χ0) is 14.7. The van der Waals surface area contributed by atoms with Gasteiger partial charge in [0, 0.05) is 11.8 Å². The Kier molecular flexibility index (Phi) is 3.38. The summed E-state index contributed by atoms with van der Waals surface area (Å²) in [5.74, 6) is 0.0384. The molecule has 0 atom stereocenters. The van der Waals surface area contributed by atoms with Gasteiger partial charge in [-0.25, -0.2) is 9.37 Å². The maximum atomic E-state index is 12.9. The molecular weight excluding hydrogens is 273 g/mol. The third kappa shape index (κ3) is 2.76. The SMILES string of the molecule is O=c1[nH][nH]c(-c2ccc(F)cc2)c1N=Nc1ccccn1. The molecule has 0 fully saturated rings. The van der Waals surface area contributed by atoms with Gasteiger partial charge >= 0.3 is 0 Å². The number of rotatable bonds is 3. The molecule has 2 aromatic heterocycles. The average molecular weight is 283 g/mol. The van der Waals surface area contributed by atoms with Gasteiger partial charge in [-0.2, -0.15) is 0 Å². The van der Waals surface area contributed by atoms with E-state index in [1.54, 1.807) is 36.5 Å². The Balaban J connectivity index is 2.00. The Hall–Kier alpha value is -3.09. The molecule has 0 radical (unpaired) electrons. The minimum Gasteiger partial charge on any atom is -0.295 e. The Labute approximate surface area is 118 Å². The molecule has 0 bridgehead atoms. The second-order valence-electron chi connectivity index (χ2n) is 4.20. The predicted molar refractivity (Wildman–Crippen MR) is 75.2 cm³/mol. The molecule has 3 rings (SSSR count). The van der Waals surface area contributed by atoms with E-state index in [9.17, 15) is 9.18 Å². The fourth-order valence-electron chi connectivity index (χ4n) is 1.79. The number of nitrogens with zero attached hydrogens (tertiary/aromatic N) is 3. The minimum absolute atomic E-state index is 0.118. The van der Waals surface area contributed by atoms with Gasteiger partial charge < -0.3 is 0 Å². The third-order valence-electron chi connectivity index (χ3n) is 2.79. The molecule has 0 aliphatic carbocycles. The Bertz CT molecular complexity index is 821. The van der Waals surface area contributed by atoms with E-state index in [-0.39, 0.29) is 11.5 Å². The Morgan fingerprint density at radius 2 is 1.81 bits per heavy atom. The molecule has 1 aromatic carbocycles. The third-order valence-corrected chi connectivity index (χ3v) is 2.79. The van der Waals surface area contributed by atoms with Crippen LogP contribution in [0.25, 0.3) is 11.3 Å². The highest BCUT2D eigenvalue weighted by atomic mass is 19.1. The number of H-pyrrole nitrogens is 2. The van der Waals surface area contributed by atoms with E-state index in [1.807, 2.05) is 0 Å². The monoisotopic (exact) mass is 283 g/mol. The van der Waals surface area contributed by atoms with Crippen molar-refractivity contribution in [2.45, 2.75) is 0 Å². The van der Waals surface area contributed by atoms with E-state index in [4.69, 9.17) is 0 Å². The number of hydrogen-bond donors (Lipinski definition) is 2. The summed E-state index contributed by atoms with van der Waals surface area (Å²) in [7, 11) is 0. The zero-order valence-corrected chi connectivity index (χ0v) is 10.7. The van der Waals surface area contributed by atoms with Crippen LogP contribution in [-0.4, -0.2) is 15.2 Å². The number of hydrogen-bond acceptors (Lipinski definition) is 4. The van der Waals surface area contributed by atoms with Crippen LogP contribution >= 0.6 is 0 Å². The highest BCUT2D eigenvalue weighted by Crippen LogP contribution is 2.26. The average Bonchev–Trinajstić information content (AvgIpc) is 2.88. The van der Waals surface area contributed by atoms with E-state index in [0.29, 0.717) is 17.1 Å². The first-order valence-electron chi connectivity index (χ1n) is 6.13. The van der Waals surface area contributed by atoms with Gasteiger partial charge in [-0.05, 0) is 36.4 Å². The lowest BCUT2D eigenvalue weighted by atomic mass is 10.1. The number of pyridine rings is 1. The maximum Gasteiger partial charge on any atom is 0.292 e. The molecule has 0 unspecified atom stereocenters. The van der Waals surface area contributed by atoms with E-state index in [2.05, 4.69) is 25.4 Å². The van der Waals surface area contributed by atoms with Crippen molar-refractivity contribution >= 4 is 11.5 Å². The number of aromatic amines is 2. The van der Waals surface area contributed by atoms with Crippen molar-refractivity contribution in [2.75, 3.05) is 0 Å². The molecule has 0 aliphatic rings. The highest BCUT2D eigenvalue weighted by Gasteiger charge is 2.11. The van der Waals surface area contributed by atoms with Gasteiger partial charge in [-0.1, -0.05) is 6.07 Å². The first-order valence-corrected chi connectivity index (χ1v) is 6.13. The highest BCUT2D eigenvalue weighted by molar-refractivity contribution is 5.71. The van der Waals surface area contributed by atoms with Crippen LogP contribution in [0.1, 0.15) is 0 Å². The van der Waals surface area contributed by atoms with Crippen molar-refractivity contribution in [1.82, 2.24) is 15.2 Å². The zero-order valence-electron chi connectivity index (χ0n) is 10.7. The van der Waals surface area contributed by atoms with Crippen molar-refractivity contribution in [2.24, 2.45) is 10.2 Å². The van der Waals surface area contributed by atoms with Gasteiger partial charge in [0.2, 0.25) is 0 Å². The van der Waals surface area contributed by atoms with Gasteiger partial charge in [0.25, 0.3) is 5.56 Å². The normalized spacial score (nSPS) is 11.1. The maximum absolute atomic E-state index is 12.9. The molecular formula is C14H10FN5O. The summed E-state index contributed by atoms with van der Waals surface area (Å²) in [5, 5.41) is 13.0. The molecule has 0 saturated carbocycles. The number of aromatic nitrogens is 3. The largest absolute Gasteiger partial charge is 0.295 e. The van der Waals surface area contributed by atoms with Crippen molar-refractivity contribution in [3.63, 3.8) is 0 Å². The number of benzene rings is 1. The topological polar surface area (TPSA) is 86.3 Å². The molecule has 3 aromatic rings. The molecule has 0 aliphatic heterocycles.